The van der Waals surface area contributed by atoms with Gasteiger partial charge in [0, 0.05) is 44.4 Å². The molecule has 1 saturated heterocycles. The number of rotatable bonds is 5. The highest BCUT2D eigenvalue weighted by atomic mass is 32.1. The normalized spacial score (nSPS) is 14.9. The van der Waals surface area contributed by atoms with E-state index in [1.54, 1.807) is 17.4 Å². The van der Waals surface area contributed by atoms with Gasteiger partial charge in [0.25, 0.3) is 5.69 Å². The number of thiazole rings is 1. The van der Waals surface area contributed by atoms with Crippen LogP contribution in [0.4, 0.5) is 10.8 Å². The summed E-state index contributed by atoms with van der Waals surface area (Å²) in [5, 5.41) is 11.7. The zero-order chi connectivity index (χ0) is 20.4. The summed E-state index contributed by atoms with van der Waals surface area (Å²) in [6.07, 6.45) is 0. The maximum absolute atomic E-state index is 12.3. The lowest BCUT2D eigenvalue weighted by molar-refractivity contribution is -0.384. The Bertz CT molecular complexity index is 1040. The molecule has 3 aromatic rings. The molecule has 2 heterocycles. The third kappa shape index (κ3) is 4.20. The Balaban J connectivity index is 1.47. The number of nitrogens with zero attached hydrogens (tertiary/aromatic N) is 4. The highest BCUT2D eigenvalue weighted by Gasteiger charge is 2.19. The number of esters is 1. The average molecular weight is 412 g/mol. The van der Waals surface area contributed by atoms with E-state index in [2.05, 4.69) is 16.7 Å². The molecule has 0 atom stereocenters. The summed E-state index contributed by atoms with van der Waals surface area (Å²) in [5.74, 6) is -0.133. The van der Waals surface area contributed by atoms with Crippen LogP contribution in [0.1, 0.15) is 17.3 Å². The Morgan fingerprint density at radius 2 is 1.90 bits per heavy atom. The largest absolute Gasteiger partial charge is 0.423 e. The molecule has 1 aliphatic heterocycles. The fraction of sp³-hybridized carbons (Fsp3) is 0.300. The van der Waals surface area contributed by atoms with Gasteiger partial charge in [0.15, 0.2) is 5.13 Å². The second kappa shape index (κ2) is 8.14. The van der Waals surface area contributed by atoms with E-state index in [4.69, 9.17) is 9.72 Å². The van der Waals surface area contributed by atoms with Gasteiger partial charge in [-0.05, 0) is 30.8 Å². The number of likely N-dealkylation sites (N-methyl/N-ethyl adjacent to an activating group) is 1. The quantitative estimate of drug-likeness (QED) is 0.274. The first-order valence-electron chi connectivity index (χ1n) is 9.38. The number of carbonyl (C=O) groups is 1. The second-order valence-corrected chi connectivity index (χ2v) is 7.75. The number of piperazine rings is 1. The molecule has 0 aliphatic carbocycles. The molecule has 2 aromatic carbocycles. The molecule has 4 rings (SSSR count). The lowest BCUT2D eigenvalue weighted by Gasteiger charge is -2.33. The van der Waals surface area contributed by atoms with Crippen molar-refractivity contribution in [2.24, 2.45) is 0 Å². The molecule has 9 heteroatoms. The lowest BCUT2D eigenvalue weighted by atomic mass is 10.2. The molecule has 0 radical (unpaired) electrons. The molecule has 150 valence electrons. The molecule has 0 saturated carbocycles. The Labute approximate surface area is 171 Å². The molecule has 29 heavy (non-hydrogen) atoms. The van der Waals surface area contributed by atoms with E-state index >= 15 is 0 Å². The van der Waals surface area contributed by atoms with Gasteiger partial charge in [-0.3, -0.25) is 10.1 Å². The van der Waals surface area contributed by atoms with Crippen LogP contribution in [-0.2, 0) is 0 Å². The minimum Gasteiger partial charge on any atom is -0.423 e. The number of nitro groups is 1. The van der Waals surface area contributed by atoms with Crippen LogP contribution in [0.25, 0.3) is 10.2 Å². The zero-order valence-corrected chi connectivity index (χ0v) is 16.7. The van der Waals surface area contributed by atoms with Crippen LogP contribution in [0.3, 0.4) is 0 Å². The first kappa shape index (κ1) is 19.3. The van der Waals surface area contributed by atoms with Crippen molar-refractivity contribution >= 4 is 38.3 Å². The number of carbonyl (C=O) groups excluding carboxylic acids is 1. The number of ether oxygens (including phenoxy) is 1. The van der Waals surface area contributed by atoms with Gasteiger partial charge in [0.2, 0.25) is 0 Å². The fourth-order valence-corrected chi connectivity index (χ4v) is 4.28. The molecule has 0 amide bonds. The Hall–Kier alpha value is -3.04. The van der Waals surface area contributed by atoms with Crippen LogP contribution in [0.5, 0.6) is 5.75 Å². The fourth-order valence-electron chi connectivity index (χ4n) is 3.23. The van der Waals surface area contributed by atoms with Gasteiger partial charge in [-0.2, -0.15) is 0 Å². The third-order valence-electron chi connectivity index (χ3n) is 4.96. The summed E-state index contributed by atoms with van der Waals surface area (Å²) < 4.78 is 6.39. The molecule has 0 N–H and O–H groups in total. The summed E-state index contributed by atoms with van der Waals surface area (Å²) in [6, 6.07) is 10.7. The predicted octanol–water partition coefficient (Wildman–Crippen LogP) is 3.57. The van der Waals surface area contributed by atoms with E-state index in [0.29, 0.717) is 5.75 Å². The topological polar surface area (TPSA) is 88.8 Å². The highest BCUT2D eigenvalue weighted by Crippen LogP contribution is 2.32. The maximum atomic E-state index is 12.3. The number of fused-ring (bicyclic) bond motifs is 1. The van der Waals surface area contributed by atoms with E-state index in [9.17, 15) is 14.9 Å². The lowest BCUT2D eigenvalue weighted by Crippen LogP contribution is -2.46. The van der Waals surface area contributed by atoms with Crippen molar-refractivity contribution in [3.05, 3.63) is 58.1 Å². The molecule has 0 spiro atoms. The number of hydrogen-bond acceptors (Lipinski definition) is 8. The predicted molar refractivity (Wildman–Crippen MR) is 112 cm³/mol. The summed E-state index contributed by atoms with van der Waals surface area (Å²) in [6.45, 7) is 7.21. The van der Waals surface area contributed by atoms with Crippen molar-refractivity contribution in [1.82, 2.24) is 9.88 Å². The van der Waals surface area contributed by atoms with E-state index in [1.165, 1.54) is 24.3 Å². The van der Waals surface area contributed by atoms with Crippen LogP contribution in [0, 0.1) is 10.1 Å². The van der Waals surface area contributed by atoms with Crippen molar-refractivity contribution in [1.29, 1.82) is 0 Å². The molecular weight excluding hydrogens is 392 g/mol. The van der Waals surface area contributed by atoms with Gasteiger partial charge in [-0.1, -0.05) is 18.3 Å². The van der Waals surface area contributed by atoms with Crippen molar-refractivity contribution in [3.8, 4) is 5.75 Å². The van der Waals surface area contributed by atoms with Crippen molar-refractivity contribution in [2.45, 2.75) is 6.92 Å². The number of aromatic nitrogens is 1. The Morgan fingerprint density at radius 3 is 2.55 bits per heavy atom. The molecule has 1 fully saturated rings. The molecular formula is C20H20N4O4S. The molecule has 0 bridgehead atoms. The van der Waals surface area contributed by atoms with E-state index in [0.717, 1.165) is 48.1 Å². The summed E-state index contributed by atoms with van der Waals surface area (Å²) in [5.41, 5.74) is 1.06. The van der Waals surface area contributed by atoms with Gasteiger partial charge in [0.1, 0.15) is 5.75 Å². The van der Waals surface area contributed by atoms with Crippen molar-refractivity contribution in [3.63, 3.8) is 0 Å². The Kier molecular flexibility index (Phi) is 5.41. The smallest absolute Gasteiger partial charge is 0.343 e. The number of nitro benzene ring substituents is 1. The molecule has 8 nitrogen and oxygen atoms in total. The Morgan fingerprint density at radius 1 is 1.17 bits per heavy atom. The second-order valence-electron chi connectivity index (χ2n) is 6.74. The number of non-ortho nitro benzene ring substituents is 1. The van der Waals surface area contributed by atoms with Gasteiger partial charge in [-0.15, -0.1) is 0 Å². The minimum atomic E-state index is -0.556. The number of anilines is 1. The average Bonchev–Trinajstić information content (AvgIpc) is 3.17. The molecule has 0 unspecified atom stereocenters. The standard InChI is InChI=1S/C20H20N4O4S/c1-2-22-9-11-23(12-10-22)20-21-17-8-7-16(13-18(17)29-20)28-19(25)14-3-5-15(6-4-14)24(26)27/h3-8,13H,2,9-12H2,1H3. The monoisotopic (exact) mass is 412 g/mol. The van der Waals surface area contributed by atoms with Crippen LogP contribution < -0.4 is 9.64 Å². The van der Waals surface area contributed by atoms with Gasteiger partial charge >= 0.3 is 5.97 Å². The first-order chi connectivity index (χ1) is 14.0. The summed E-state index contributed by atoms with van der Waals surface area (Å²) in [7, 11) is 0. The van der Waals surface area contributed by atoms with Gasteiger partial charge in [0.05, 0.1) is 20.7 Å². The van der Waals surface area contributed by atoms with Crippen LogP contribution in [-0.4, -0.2) is 53.5 Å². The van der Waals surface area contributed by atoms with E-state index in [-0.39, 0.29) is 11.3 Å². The van der Waals surface area contributed by atoms with Gasteiger partial charge in [-0.25, -0.2) is 9.78 Å². The van der Waals surface area contributed by atoms with Crippen LogP contribution in [0.15, 0.2) is 42.5 Å². The van der Waals surface area contributed by atoms with Crippen molar-refractivity contribution < 1.29 is 14.5 Å². The highest BCUT2D eigenvalue weighted by molar-refractivity contribution is 7.22. The number of hydrogen-bond donors (Lipinski definition) is 0. The molecule has 1 aliphatic rings. The third-order valence-corrected chi connectivity index (χ3v) is 6.04. The maximum Gasteiger partial charge on any atom is 0.343 e. The summed E-state index contributed by atoms with van der Waals surface area (Å²) >= 11 is 1.58. The SMILES string of the molecule is CCN1CCN(c2nc3ccc(OC(=O)c4ccc([N+](=O)[O-])cc4)cc3s2)CC1. The minimum absolute atomic E-state index is 0.0695. The van der Waals surface area contributed by atoms with Crippen LogP contribution >= 0.6 is 11.3 Å². The summed E-state index contributed by atoms with van der Waals surface area (Å²) in [4.78, 5) is 32.0. The molecule has 1 aromatic heterocycles. The first-order valence-corrected chi connectivity index (χ1v) is 10.2. The van der Waals surface area contributed by atoms with E-state index in [1.807, 2.05) is 12.1 Å². The number of benzene rings is 2. The van der Waals surface area contributed by atoms with E-state index < -0.39 is 10.9 Å². The van der Waals surface area contributed by atoms with Gasteiger partial charge < -0.3 is 14.5 Å². The van der Waals surface area contributed by atoms with Crippen LogP contribution in [0.2, 0.25) is 0 Å². The van der Waals surface area contributed by atoms with Crippen molar-refractivity contribution in [2.75, 3.05) is 37.6 Å². The zero-order valence-electron chi connectivity index (χ0n) is 15.9.